The van der Waals surface area contributed by atoms with E-state index in [1.54, 1.807) is 24.3 Å². The third-order valence-electron chi connectivity index (χ3n) is 6.20. The number of carbonyl (C=O) groups is 2. The van der Waals surface area contributed by atoms with Crippen LogP contribution in [0.25, 0.3) is 5.76 Å². The van der Waals surface area contributed by atoms with E-state index in [0.29, 0.717) is 37.5 Å². The minimum atomic E-state index is -0.752. The van der Waals surface area contributed by atoms with Gasteiger partial charge in [-0.25, -0.2) is 4.39 Å². The number of amides is 1. The normalized spacial score (nSPS) is 20.6. The lowest BCUT2D eigenvalue weighted by Crippen LogP contribution is -2.38. The summed E-state index contributed by atoms with van der Waals surface area (Å²) in [6, 6.07) is 11.7. The highest BCUT2D eigenvalue weighted by Crippen LogP contribution is 2.40. The molecule has 0 spiro atoms. The molecule has 2 fully saturated rings. The molecule has 0 aliphatic carbocycles. The molecule has 0 saturated carbocycles. The summed E-state index contributed by atoms with van der Waals surface area (Å²) in [5.41, 5.74) is 0.975. The molecule has 1 amide bonds. The molecule has 4 rings (SSSR count). The number of hydrogen-bond donors (Lipinski definition) is 1. The molecule has 2 heterocycles. The van der Waals surface area contributed by atoms with Crippen molar-refractivity contribution in [1.29, 1.82) is 0 Å². The molecule has 2 saturated heterocycles. The average molecular weight is 483 g/mol. The van der Waals surface area contributed by atoms with E-state index in [1.165, 1.54) is 29.2 Å². The van der Waals surface area contributed by atoms with Crippen LogP contribution < -0.4 is 4.74 Å². The zero-order chi connectivity index (χ0) is 24.9. The molecule has 2 aliphatic rings. The Hall–Kier alpha value is -3.23. The van der Waals surface area contributed by atoms with Crippen LogP contribution in [0.5, 0.6) is 5.75 Å². The Balaban J connectivity index is 1.66. The highest BCUT2D eigenvalue weighted by Gasteiger charge is 2.45. The monoisotopic (exact) mass is 482 g/mol. The minimum absolute atomic E-state index is 0.00477. The van der Waals surface area contributed by atoms with Crippen molar-refractivity contribution in [3.05, 3.63) is 71.0 Å². The molecular formula is C27H31FN2O5. The molecule has 186 valence electrons. The molecule has 8 heteroatoms. The second kappa shape index (κ2) is 11.0. The summed E-state index contributed by atoms with van der Waals surface area (Å²) >= 11 is 0. The largest absolute Gasteiger partial charge is 0.507 e. The molecule has 0 unspecified atom stereocenters. The lowest BCUT2D eigenvalue weighted by Gasteiger charge is -2.29. The Kier molecular flexibility index (Phi) is 7.83. The summed E-state index contributed by atoms with van der Waals surface area (Å²) in [6.45, 7) is 8.05. The third kappa shape index (κ3) is 5.71. The summed E-state index contributed by atoms with van der Waals surface area (Å²) in [5, 5.41) is 11.1. The molecule has 0 bridgehead atoms. The smallest absolute Gasteiger partial charge is 0.295 e. The Morgan fingerprint density at radius 2 is 1.71 bits per heavy atom. The number of carbonyl (C=O) groups excluding carboxylic acids is 2. The fraction of sp³-hybridized carbons (Fsp3) is 0.407. The Morgan fingerprint density at radius 3 is 2.34 bits per heavy atom. The number of halogens is 1. The third-order valence-corrected chi connectivity index (χ3v) is 6.20. The number of Topliss-reactive ketones (excluding diaryl/α,β-unsaturated/α-hetero) is 1. The first-order valence-electron chi connectivity index (χ1n) is 12.0. The lowest BCUT2D eigenvalue weighted by atomic mass is 9.95. The average Bonchev–Trinajstić information content (AvgIpc) is 3.10. The molecule has 7 nitrogen and oxygen atoms in total. The number of hydrogen-bond acceptors (Lipinski definition) is 6. The fourth-order valence-electron chi connectivity index (χ4n) is 4.51. The maximum absolute atomic E-state index is 13.4. The van der Waals surface area contributed by atoms with Gasteiger partial charge in [0, 0.05) is 31.7 Å². The topological polar surface area (TPSA) is 79.3 Å². The zero-order valence-electron chi connectivity index (χ0n) is 20.1. The van der Waals surface area contributed by atoms with E-state index in [4.69, 9.17) is 9.47 Å². The van der Waals surface area contributed by atoms with Crippen LogP contribution in [0.1, 0.15) is 37.4 Å². The highest BCUT2D eigenvalue weighted by molar-refractivity contribution is 6.46. The molecular weight excluding hydrogens is 451 g/mol. The first kappa shape index (κ1) is 24.9. The van der Waals surface area contributed by atoms with Gasteiger partial charge in [0.2, 0.25) is 0 Å². The van der Waals surface area contributed by atoms with Gasteiger partial charge in [0.1, 0.15) is 17.3 Å². The van der Waals surface area contributed by atoms with Gasteiger partial charge in [0.05, 0.1) is 30.9 Å². The highest BCUT2D eigenvalue weighted by atomic mass is 19.1. The van der Waals surface area contributed by atoms with Crippen molar-refractivity contribution >= 4 is 17.4 Å². The second-order valence-electron chi connectivity index (χ2n) is 9.04. The van der Waals surface area contributed by atoms with E-state index in [9.17, 15) is 19.1 Å². The van der Waals surface area contributed by atoms with Crippen LogP contribution in [-0.2, 0) is 14.3 Å². The first-order valence-corrected chi connectivity index (χ1v) is 12.0. The molecule has 1 N–H and O–H groups in total. The predicted molar refractivity (Wildman–Crippen MR) is 129 cm³/mol. The van der Waals surface area contributed by atoms with Crippen LogP contribution in [0.15, 0.2) is 54.1 Å². The van der Waals surface area contributed by atoms with Gasteiger partial charge in [-0.15, -0.1) is 0 Å². The minimum Gasteiger partial charge on any atom is -0.507 e. The van der Waals surface area contributed by atoms with E-state index in [0.717, 1.165) is 19.6 Å². The number of ether oxygens (including phenoxy) is 2. The van der Waals surface area contributed by atoms with Crippen molar-refractivity contribution in [3.8, 4) is 5.75 Å². The standard InChI is InChI=1S/C27H31FN2O5/c1-18(2)35-22-10-6-19(7-11-22)24-23(25(31)20-4-8-21(28)9-5-20)26(32)27(33)30(24)13-3-12-29-14-16-34-17-15-29/h4-11,18,24,31H,3,12-17H2,1-2H3/t24-/m0/s1. The van der Waals surface area contributed by atoms with Gasteiger partial charge in [0.15, 0.2) is 0 Å². The number of aliphatic hydroxyl groups is 1. The Bertz CT molecular complexity index is 1080. The van der Waals surface area contributed by atoms with Crippen molar-refractivity contribution in [1.82, 2.24) is 9.80 Å². The van der Waals surface area contributed by atoms with Gasteiger partial charge in [-0.3, -0.25) is 14.5 Å². The predicted octanol–water partition coefficient (Wildman–Crippen LogP) is 3.76. The first-order chi connectivity index (χ1) is 16.8. The number of ketones is 1. The number of nitrogens with zero attached hydrogens (tertiary/aromatic N) is 2. The Morgan fingerprint density at radius 1 is 1.06 bits per heavy atom. The van der Waals surface area contributed by atoms with Crippen molar-refractivity contribution in [3.63, 3.8) is 0 Å². The summed E-state index contributed by atoms with van der Waals surface area (Å²) in [4.78, 5) is 30.0. The quantitative estimate of drug-likeness (QED) is 0.351. The summed E-state index contributed by atoms with van der Waals surface area (Å²) in [6.07, 6.45) is 0.680. The maximum Gasteiger partial charge on any atom is 0.295 e. The number of rotatable bonds is 8. The molecule has 1 atom stereocenters. The SMILES string of the molecule is CC(C)Oc1ccc([C@H]2C(=C(O)c3ccc(F)cc3)C(=O)C(=O)N2CCCN2CCOCC2)cc1. The zero-order valence-corrected chi connectivity index (χ0v) is 20.1. The number of likely N-dealkylation sites (tertiary alicyclic amines) is 1. The van der Waals surface area contributed by atoms with Crippen molar-refractivity contribution in [2.24, 2.45) is 0 Å². The van der Waals surface area contributed by atoms with Crippen molar-refractivity contribution in [2.75, 3.05) is 39.4 Å². The molecule has 0 aromatic heterocycles. The second-order valence-corrected chi connectivity index (χ2v) is 9.04. The molecule has 2 aromatic rings. The summed E-state index contributed by atoms with van der Waals surface area (Å²) in [7, 11) is 0. The van der Waals surface area contributed by atoms with Gasteiger partial charge in [0.25, 0.3) is 11.7 Å². The van der Waals surface area contributed by atoms with Gasteiger partial charge in [-0.2, -0.15) is 0 Å². The summed E-state index contributed by atoms with van der Waals surface area (Å²) < 4.78 is 24.6. The van der Waals surface area contributed by atoms with Crippen LogP contribution in [0.2, 0.25) is 0 Å². The number of morpholine rings is 1. The van der Waals surface area contributed by atoms with Crippen LogP contribution in [0, 0.1) is 5.82 Å². The molecule has 35 heavy (non-hydrogen) atoms. The number of benzene rings is 2. The van der Waals surface area contributed by atoms with E-state index in [1.807, 2.05) is 13.8 Å². The number of aliphatic hydroxyl groups excluding tert-OH is 1. The van der Waals surface area contributed by atoms with Crippen molar-refractivity contribution in [2.45, 2.75) is 32.4 Å². The van der Waals surface area contributed by atoms with Crippen LogP contribution >= 0.6 is 0 Å². The van der Waals surface area contributed by atoms with E-state index in [-0.39, 0.29) is 23.0 Å². The van der Waals surface area contributed by atoms with E-state index in [2.05, 4.69) is 4.90 Å². The van der Waals surface area contributed by atoms with Crippen LogP contribution in [0.4, 0.5) is 4.39 Å². The van der Waals surface area contributed by atoms with Gasteiger partial charge in [-0.05, 0) is 62.2 Å². The fourth-order valence-corrected chi connectivity index (χ4v) is 4.51. The summed E-state index contributed by atoms with van der Waals surface area (Å²) in [5.74, 6) is -1.49. The van der Waals surface area contributed by atoms with Crippen LogP contribution in [-0.4, -0.2) is 72.1 Å². The van der Waals surface area contributed by atoms with Gasteiger partial charge < -0.3 is 19.5 Å². The maximum atomic E-state index is 13.4. The Labute approximate surface area is 204 Å². The van der Waals surface area contributed by atoms with Gasteiger partial charge >= 0.3 is 0 Å². The van der Waals surface area contributed by atoms with E-state index >= 15 is 0 Å². The molecule has 2 aromatic carbocycles. The lowest BCUT2D eigenvalue weighted by molar-refractivity contribution is -0.140. The van der Waals surface area contributed by atoms with Gasteiger partial charge in [-0.1, -0.05) is 12.1 Å². The molecule has 2 aliphatic heterocycles. The molecule has 0 radical (unpaired) electrons. The van der Waals surface area contributed by atoms with E-state index < -0.39 is 23.5 Å². The van der Waals surface area contributed by atoms with Crippen LogP contribution in [0.3, 0.4) is 0 Å². The van der Waals surface area contributed by atoms with Crippen molar-refractivity contribution < 1.29 is 28.6 Å².